The average Bonchev–Trinajstić information content (AvgIpc) is 3.03. The fraction of sp³-hybridized carbons (Fsp3) is 0.143. The van der Waals surface area contributed by atoms with Crippen LogP contribution in [0.3, 0.4) is 0 Å². The van der Waals surface area contributed by atoms with Crippen LogP contribution in [0, 0.1) is 17.0 Å². The van der Waals surface area contributed by atoms with E-state index in [0.29, 0.717) is 29.1 Å². The molecule has 27 heavy (non-hydrogen) atoms. The highest BCUT2D eigenvalue weighted by atomic mass is 16.6. The SMILES string of the molecule is CCc1nn(-c2ccc([N+](=O)[O-])cc2)c(C)c1C(=O)/C=C/c1ccccc1. The van der Waals surface area contributed by atoms with Gasteiger partial charge in [-0.05, 0) is 37.1 Å². The zero-order valence-electron chi connectivity index (χ0n) is 15.1. The molecule has 0 bridgehead atoms. The third kappa shape index (κ3) is 3.84. The lowest BCUT2D eigenvalue weighted by Crippen LogP contribution is -2.02. The van der Waals surface area contributed by atoms with Crippen LogP contribution in [-0.4, -0.2) is 20.5 Å². The van der Waals surface area contributed by atoms with Gasteiger partial charge in [0.15, 0.2) is 5.78 Å². The molecule has 0 fully saturated rings. The number of nitro benzene ring substituents is 1. The van der Waals surface area contributed by atoms with Crippen molar-refractivity contribution in [2.24, 2.45) is 0 Å². The maximum Gasteiger partial charge on any atom is 0.269 e. The van der Waals surface area contributed by atoms with Gasteiger partial charge in [-0.1, -0.05) is 43.3 Å². The van der Waals surface area contributed by atoms with E-state index in [0.717, 1.165) is 5.56 Å². The molecule has 0 aliphatic heterocycles. The number of aromatic nitrogens is 2. The quantitative estimate of drug-likeness (QED) is 0.279. The number of benzene rings is 2. The minimum atomic E-state index is -0.444. The molecule has 6 nitrogen and oxygen atoms in total. The summed E-state index contributed by atoms with van der Waals surface area (Å²) in [4.78, 5) is 23.2. The topological polar surface area (TPSA) is 78.0 Å². The van der Waals surface area contributed by atoms with Gasteiger partial charge in [-0.2, -0.15) is 5.10 Å². The first-order valence-electron chi connectivity index (χ1n) is 8.62. The molecular formula is C21H19N3O3. The highest BCUT2D eigenvalue weighted by Crippen LogP contribution is 2.22. The molecule has 0 amide bonds. The van der Waals surface area contributed by atoms with Crippen LogP contribution in [0.1, 0.15) is 34.2 Å². The minimum Gasteiger partial charge on any atom is -0.289 e. The Morgan fingerprint density at radius 3 is 2.41 bits per heavy atom. The van der Waals surface area contributed by atoms with E-state index in [9.17, 15) is 14.9 Å². The van der Waals surface area contributed by atoms with Crippen LogP contribution in [0.4, 0.5) is 5.69 Å². The van der Waals surface area contributed by atoms with Crippen LogP contribution in [-0.2, 0) is 6.42 Å². The Kier molecular flexibility index (Phi) is 5.26. The number of ketones is 1. The lowest BCUT2D eigenvalue weighted by molar-refractivity contribution is -0.384. The molecule has 0 unspecified atom stereocenters. The second kappa shape index (κ2) is 7.78. The van der Waals surface area contributed by atoms with E-state index in [1.807, 2.05) is 44.2 Å². The third-order valence-corrected chi connectivity index (χ3v) is 4.30. The molecule has 0 spiro atoms. The van der Waals surface area contributed by atoms with Crippen LogP contribution >= 0.6 is 0 Å². The second-order valence-corrected chi connectivity index (χ2v) is 6.05. The summed E-state index contributed by atoms with van der Waals surface area (Å²) in [6.45, 7) is 3.77. The van der Waals surface area contributed by atoms with E-state index in [1.165, 1.54) is 12.1 Å². The molecule has 0 saturated heterocycles. The molecule has 1 aromatic heterocycles. The molecule has 1 heterocycles. The molecule has 6 heteroatoms. The number of carbonyl (C=O) groups is 1. The van der Waals surface area contributed by atoms with Gasteiger partial charge in [0.1, 0.15) is 0 Å². The summed E-state index contributed by atoms with van der Waals surface area (Å²) in [5.74, 6) is -0.110. The Morgan fingerprint density at radius 1 is 1.15 bits per heavy atom. The van der Waals surface area contributed by atoms with Crippen LogP contribution < -0.4 is 0 Å². The number of aryl methyl sites for hydroxylation is 1. The van der Waals surface area contributed by atoms with E-state index < -0.39 is 4.92 Å². The van der Waals surface area contributed by atoms with Crippen molar-refractivity contribution in [3.63, 3.8) is 0 Å². The molecule has 3 aromatic rings. The van der Waals surface area contributed by atoms with Gasteiger partial charge in [0.25, 0.3) is 5.69 Å². The van der Waals surface area contributed by atoms with Gasteiger partial charge in [-0.15, -0.1) is 0 Å². The number of carbonyl (C=O) groups excluding carboxylic acids is 1. The molecule has 3 rings (SSSR count). The molecule has 0 aliphatic rings. The summed E-state index contributed by atoms with van der Waals surface area (Å²) >= 11 is 0. The Balaban J connectivity index is 1.95. The molecule has 0 atom stereocenters. The summed E-state index contributed by atoms with van der Waals surface area (Å²) in [7, 11) is 0. The van der Waals surface area contributed by atoms with Crippen molar-refractivity contribution in [3.05, 3.63) is 93.3 Å². The Labute approximate surface area is 156 Å². The van der Waals surface area contributed by atoms with E-state index in [1.54, 1.807) is 29.0 Å². The monoisotopic (exact) mass is 361 g/mol. The van der Waals surface area contributed by atoms with Gasteiger partial charge < -0.3 is 0 Å². The number of hydrogen-bond donors (Lipinski definition) is 0. The Morgan fingerprint density at radius 2 is 1.81 bits per heavy atom. The zero-order chi connectivity index (χ0) is 19.4. The largest absolute Gasteiger partial charge is 0.289 e. The maximum absolute atomic E-state index is 12.8. The van der Waals surface area contributed by atoms with Gasteiger partial charge in [0, 0.05) is 12.1 Å². The standard InChI is InChI=1S/C21H19N3O3/c1-3-19-21(20(25)14-9-16-7-5-4-6-8-16)15(2)23(22-19)17-10-12-18(13-11-17)24(26)27/h4-14H,3H2,1-2H3/b14-9+. The summed E-state index contributed by atoms with van der Waals surface area (Å²) < 4.78 is 1.66. The predicted molar refractivity (Wildman–Crippen MR) is 104 cm³/mol. The Hall–Kier alpha value is -3.54. The summed E-state index contributed by atoms with van der Waals surface area (Å²) in [6.07, 6.45) is 3.95. The number of nitrogens with zero attached hydrogens (tertiary/aromatic N) is 3. The van der Waals surface area contributed by atoms with E-state index in [2.05, 4.69) is 5.10 Å². The van der Waals surface area contributed by atoms with Crippen molar-refractivity contribution in [3.8, 4) is 5.69 Å². The average molecular weight is 361 g/mol. The van der Waals surface area contributed by atoms with E-state index in [-0.39, 0.29) is 11.5 Å². The van der Waals surface area contributed by atoms with Crippen LogP contribution in [0.25, 0.3) is 11.8 Å². The van der Waals surface area contributed by atoms with Crippen molar-refractivity contribution in [2.75, 3.05) is 0 Å². The molecule has 0 saturated carbocycles. The number of allylic oxidation sites excluding steroid dienone is 1. The first-order chi connectivity index (χ1) is 13.0. The smallest absolute Gasteiger partial charge is 0.269 e. The maximum atomic E-state index is 12.8. The summed E-state index contributed by atoms with van der Waals surface area (Å²) in [6, 6.07) is 15.7. The molecular weight excluding hydrogens is 342 g/mol. The summed E-state index contributed by atoms with van der Waals surface area (Å²) in [5, 5.41) is 15.4. The van der Waals surface area contributed by atoms with Crippen molar-refractivity contribution in [2.45, 2.75) is 20.3 Å². The van der Waals surface area contributed by atoms with Gasteiger partial charge in [-0.25, -0.2) is 4.68 Å². The van der Waals surface area contributed by atoms with Gasteiger partial charge in [-0.3, -0.25) is 14.9 Å². The Bertz CT molecular complexity index is 1000. The number of rotatable bonds is 6. The highest BCUT2D eigenvalue weighted by Gasteiger charge is 2.19. The first kappa shape index (κ1) is 18.3. The van der Waals surface area contributed by atoms with Gasteiger partial charge in [0.05, 0.1) is 27.6 Å². The number of nitro groups is 1. The second-order valence-electron chi connectivity index (χ2n) is 6.05. The molecule has 0 N–H and O–H groups in total. The normalized spacial score (nSPS) is 11.0. The van der Waals surface area contributed by atoms with Crippen molar-refractivity contribution >= 4 is 17.5 Å². The number of non-ortho nitro benzene ring substituents is 1. The zero-order valence-corrected chi connectivity index (χ0v) is 15.1. The fourth-order valence-corrected chi connectivity index (χ4v) is 2.91. The molecule has 136 valence electrons. The summed E-state index contributed by atoms with van der Waals surface area (Å²) in [5.41, 5.74) is 3.63. The van der Waals surface area contributed by atoms with Crippen molar-refractivity contribution < 1.29 is 9.72 Å². The van der Waals surface area contributed by atoms with E-state index in [4.69, 9.17) is 0 Å². The van der Waals surface area contributed by atoms with Crippen molar-refractivity contribution in [1.29, 1.82) is 0 Å². The van der Waals surface area contributed by atoms with Crippen LogP contribution in [0.5, 0.6) is 0 Å². The lowest BCUT2D eigenvalue weighted by Gasteiger charge is -2.04. The fourth-order valence-electron chi connectivity index (χ4n) is 2.91. The van der Waals surface area contributed by atoms with Crippen LogP contribution in [0.2, 0.25) is 0 Å². The third-order valence-electron chi connectivity index (χ3n) is 4.30. The van der Waals surface area contributed by atoms with E-state index >= 15 is 0 Å². The predicted octanol–water partition coefficient (Wildman–Crippen LogP) is 4.55. The molecule has 0 aliphatic carbocycles. The number of hydrogen-bond acceptors (Lipinski definition) is 4. The van der Waals surface area contributed by atoms with Gasteiger partial charge in [0.2, 0.25) is 0 Å². The minimum absolute atomic E-state index is 0.0152. The molecule has 2 aromatic carbocycles. The molecule has 0 radical (unpaired) electrons. The van der Waals surface area contributed by atoms with Crippen LogP contribution in [0.15, 0.2) is 60.7 Å². The lowest BCUT2D eigenvalue weighted by atomic mass is 10.1. The van der Waals surface area contributed by atoms with Crippen molar-refractivity contribution in [1.82, 2.24) is 9.78 Å². The highest BCUT2D eigenvalue weighted by molar-refractivity contribution is 6.08. The van der Waals surface area contributed by atoms with Gasteiger partial charge >= 0.3 is 0 Å². The first-order valence-corrected chi connectivity index (χ1v) is 8.62.